The standard InChI is InChI=1S/C17H22N2O/c1-12-8-14(4-3-7-18)10-16(9-12)17(20)19-11-13(2)15-5-6-15/h8-10,13,15H,5-7,11,18H2,1-2H3,(H,19,20). The van der Waals surface area contributed by atoms with Crippen molar-refractivity contribution in [3.8, 4) is 11.8 Å². The number of amides is 1. The second-order valence-electron chi connectivity index (χ2n) is 5.62. The summed E-state index contributed by atoms with van der Waals surface area (Å²) in [6.45, 7) is 5.25. The molecule has 3 N–H and O–H groups in total. The summed E-state index contributed by atoms with van der Waals surface area (Å²) < 4.78 is 0. The summed E-state index contributed by atoms with van der Waals surface area (Å²) in [5, 5.41) is 3.02. The summed E-state index contributed by atoms with van der Waals surface area (Å²) in [4.78, 5) is 12.2. The fraction of sp³-hybridized carbons (Fsp3) is 0.471. The van der Waals surface area contributed by atoms with Crippen molar-refractivity contribution in [2.24, 2.45) is 17.6 Å². The first-order valence-corrected chi connectivity index (χ1v) is 7.19. The van der Waals surface area contributed by atoms with E-state index in [2.05, 4.69) is 24.1 Å². The fourth-order valence-corrected chi connectivity index (χ4v) is 2.33. The molecule has 1 aliphatic rings. The number of carbonyl (C=O) groups is 1. The Morgan fingerprint density at radius 3 is 2.85 bits per heavy atom. The minimum absolute atomic E-state index is 0.0167. The summed E-state index contributed by atoms with van der Waals surface area (Å²) in [7, 11) is 0. The Morgan fingerprint density at radius 1 is 1.45 bits per heavy atom. The van der Waals surface area contributed by atoms with Gasteiger partial charge in [0.05, 0.1) is 6.54 Å². The first-order chi connectivity index (χ1) is 9.60. The molecule has 106 valence electrons. The monoisotopic (exact) mass is 270 g/mol. The topological polar surface area (TPSA) is 55.1 Å². The highest BCUT2D eigenvalue weighted by atomic mass is 16.1. The van der Waals surface area contributed by atoms with Crippen molar-refractivity contribution in [2.75, 3.05) is 13.1 Å². The van der Waals surface area contributed by atoms with E-state index >= 15 is 0 Å². The lowest BCUT2D eigenvalue weighted by molar-refractivity contribution is 0.0946. The van der Waals surface area contributed by atoms with Crippen LogP contribution in [0.15, 0.2) is 18.2 Å². The van der Waals surface area contributed by atoms with Gasteiger partial charge in [0, 0.05) is 17.7 Å². The van der Waals surface area contributed by atoms with Crippen molar-refractivity contribution in [3.05, 3.63) is 34.9 Å². The van der Waals surface area contributed by atoms with Gasteiger partial charge in [-0.15, -0.1) is 0 Å². The van der Waals surface area contributed by atoms with E-state index in [1.807, 2.05) is 25.1 Å². The molecular weight excluding hydrogens is 248 g/mol. The number of nitrogens with two attached hydrogens (primary N) is 1. The van der Waals surface area contributed by atoms with Crippen LogP contribution in [0, 0.1) is 30.6 Å². The van der Waals surface area contributed by atoms with Crippen molar-refractivity contribution in [1.82, 2.24) is 5.32 Å². The second kappa shape index (κ2) is 6.58. The molecule has 0 aromatic heterocycles. The molecule has 3 heteroatoms. The van der Waals surface area contributed by atoms with E-state index in [0.717, 1.165) is 23.6 Å². The van der Waals surface area contributed by atoms with Crippen LogP contribution in [0.1, 0.15) is 41.3 Å². The van der Waals surface area contributed by atoms with Gasteiger partial charge in [-0.2, -0.15) is 0 Å². The van der Waals surface area contributed by atoms with Crippen LogP contribution < -0.4 is 11.1 Å². The van der Waals surface area contributed by atoms with Crippen LogP contribution in [0.2, 0.25) is 0 Å². The third kappa shape index (κ3) is 4.11. The molecule has 0 bridgehead atoms. The van der Waals surface area contributed by atoms with Gasteiger partial charge < -0.3 is 11.1 Å². The minimum atomic E-state index is -0.0167. The third-order valence-corrected chi connectivity index (χ3v) is 3.69. The number of carbonyl (C=O) groups excluding carboxylic acids is 1. The number of nitrogens with one attached hydrogen (secondary N) is 1. The Balaban J connectivity index is 2.02. The van der Waals surface area contributed by atoms with E-state index in [0.29, 0.717) is 18.0 Å². The van der Waals surface area contributed by atoms with E-state index in [1.54, 1.807) is 0 Å². The first kappa shape index (κ1) is 14.6. The molecule has 1 unspecified atom stereocenters. The number of hydrogen-bond donors (Lipinski definition) is 2. The van der Waals surface area contributed by atoms with Gasteiger partial charge in [-0.3, -0.25) is 4.79 Å². The number of hydrogen-bond acceptors (Lipinski definition) is 2. The van der Waals surface area contributed by atoms with Crippen LogP contribution in [-0.4, -0.2) is 19.0 Å². The van der Waals surface area contributed by atoms with E-state index < -0.39 is 0 Å². The molecule has 0 heterocycles. The maximum atomic E-state index is 12.2. The van der Waals surface area contributed by atoms with Crippen LogP contribution in [0.3, 0.4) is 0 Å². The average Bonchev–Trinajstić information content (AvgIpc) is 3.26. The number of rotatable bonds is 4. The Hall–Kier alpha value is -1.79. The lowest BCUT2D eigenvalue weighted by atomic mass is 10.0. The molecule has 1 aromatic rings. The molecule has 0 radical (unpaired) electrons. The Bertz CT molecular complexity index is 550. The Morgan fingerprint density at radius 2 is 2.20 bits per heavy atom. The van der Waals surface area contributed by atoms with Crippen LogP contribution in [-0.2, 0) is 0 Å². The molecule has 1 fully saturated rings. The van der Waals surface area contributed by atoms with Gasteiger partial charge in [0.15, 0.2) is 0 Å². The molecule has 0 spiro atoms. The van der Waals surface area contributed by atoms with Crippen LogP contribution in [0.25, 0.3) is 0 Å². The summed E-state index contributed by atoms with van der Waals surface area (Å²) in [6.07, 6.45) is 2.61. The van der Waals surface area contributed by atoms with Crippen molar-refractivity contribution in [3.63, 3.8) is 0 Å². The van der Waals surface area contributed by atoms with Gasteiger partial charge in [-0.25, -0.2) is 0 Å². The highest BCUT2D eigenvalue weighted by Gasteiger charge is 2.27. The van der Waals surface area contributed by atoms with Crippen molar-refractivity contribution in [2.45, 2.75) is 26.7 Å². The van der Waals surface area contributed by atoms with Gasteiger partial charge >= 0.3 is 0 Å². The van der Waals surface area contributed by atoms with Crippen molar-refractivity contribution >= 4 is 5.91 Å². The molecule has 2 rings (SSSR count). The van der Waals surface area contributed by atoms with E-state index in [-0.39, 0.29) is 5.91 Å². The van der Waals surface area contributed by atoms with Gasteiger partial charge in [0.1, 0.15) is 0 Å². The van der Waals surface area contributed by atoms with Gasteiger partial charge in [0.2, 0.25) is 0 Å². The third-order valence-electron chi connectivity index (χ3n) is 3.69. The predicted molar refractivity (Wildman–Crippen MR) is 81.3 cm³/mol. The number of aryl methyl sites for hydroxylation is 1. The summed E-state index contributed by atoms with van der Waals surface area (Å²) in [5.74, 6) is 7.15. The van der Waals surface area contributed by atoms with E-state index in [4.69, 9.17) is 5.73 Å². The molecule has 1 atom stereocenters. The normalized spacial score (nSPS) is 15.2. The molecular formula is C17H22N2O. The van der Waals surface area contributed by atoms with Crippen LogP contribution >= 0.6 is 0 Å². The summed E-state index contributed by atoms with van der Waals surface area (Å²) >= 11 is 0. The van der Waals surface area contributed by atoms with Gasteiger partial charge in [-0.05, 0) is 55.4 Å². The quantitative estimate of drug-likeness (QED) is 0.823. The molecule has 1 saturated carbocycles. The van der Waals surface area contributed by atoms with Gasteiger partial charge in [0.25, 0.3) is 5.91 Å². The molecule has 1 aliphatic carbocycles. The largest absolute Gasteiger partial charge is 0.352 e. The lowest BCUT2D eigenvalue weighted by Gasteiger charge is -2.12. The summed E-state index contributed by atoms with van der Waals surface area (Å²) in [6, 6.07) is 5.68. The highest BCUT2D eigenvalue weighted by Crippen LogP contribution is 2.36. The maximum absolute atomic E-state index is 12.2. The molecule has 3 nitrogen and oxygen atoms in total. The second-order valence-corrected chi connectivity index (χ2v) is 5.62. The molecule has 0 saturated heterocycles. The zero-order valence-electron chi connectivity index (χ0n) is 12.2. The van der Waals surface area contributed by atoms with E-state index in [1.165, 1.54) is 12.8 Å². The average molecular weight is 270 g/mol. The lowest BCUT2D eigenvalue weighted by Crippen LogP contribution is -2.29. The SMILES string of the molecule is Cc1cc(C#CCN)cc(C(=O)NCC(C)C2CC2)c1. The predicted octanol–water partition coefficient (Wildman–Crippen LogP) is 2.08. The molecule has 20 heavy (non-hydrogen) atoms. The molecule has 1 amide bonds. The smallest absolute Gasteiger partial charge is 0.251 e. The fourth-order valence-electron chi connectivity index (χ4n) is 2.33. The van der Waals surface area contributed by atoms with E-state index in [9.17, 15) is 4.79 Å². The molecule has 0 aliphatic heterocycles. The minimum Gasteiger partial charge on any atom is -0.352 e. The highest BCUT2D eigenvalue weighted by molar-refractivity contribution is 5.94. The summed E-state index contributed by atoms with van der Waals surface area (Å²) in [5.41, 5.74) is 7.93. The number of benzene rings is 1. The Labute approximate surface area is 120 Å². The van der Waals surface area contributed by atoms with Crippen molar-refractivity contribution in [1.29, 1.82) is 0 Å². The van der Waals surface area contributed by atoms with Crippen LogP contribution in [0.5, 0.6) is 0 Å². The van der Waals surface area contributed by atoms with Gasteiger partial charge in [-0.1, -0.05) is 18.8 Å². The zero-order valence-corrected chi connectivity index (χ0v) is 12.2. The molecule has 1 aromatic carbocycles. The zero-order chi connectivity index (χ0) is 14.5. The maximum Gasteiger partial charge on any atom is 0.251 e. The van der Waals surface area contributed by atoms with Crippen LogP contribution in [0.4, 0.5) is 0 Å². The first-order valence-electron chi connectivity index (χ1n) is 7.19. The Kier molecular flexibility index (Phi) is 4.81. The van der Waals surface area contributed by atoms with Crippen molar-refractivity contribution < 1.29 is 4.79 Å².